The molecule has 0 saturated carbocycles. The molecule has 1 heterocycles. The van der Waals surface area contributed by atoms with Crippen LogP contribution in [0.5, 0.6) is 0 Å². The van der Waals surface area contributed by atoms with Gasteiger partial charge in [0.05, 0.1) is 18.4 Å². The maximum atomic E-state index is 6.08. The molecule has 2 aromatic rings. The van der Waals surface area contributed by atoms with Crippen molar-refractivity contribution >= 4 is 23.2 Å². The highest BCUT2D eigenvalue weighted by atomic mass is 35.5. The van der Waals surface area contributed by atoms with Crippen molar-refractivity contribution < 1.29 is 0 Å². The van der Waals surface area contributed by atoms with E-state index in [1.54, 1.807) is 16.8 Å². The monoisotopic (exact) mass is 270 g/mol. The quantitative estimate of drug-likeness (QED) is 0.933. The average Bonchev–Trinajstić information content (AvgIpc) is 2.71. The van der Waals surface area contributed by atoms with Crippen molar-refractivity contribution in [2.75, 3.05) is 0 Å². The van der Waals surface area contributed by atoms with Crippen LogP contribution < -0.4 is 5.73 Å². The number of aromatic nitrogens is 3. The van der Waals surface area contributed by atoms with E-state index in [-0.39, 0.29) is 6.04 Å². The van der Waals surface area contributed by atoms with Gasteiger partial charge in [-0.25, -0.2) is 4.68 Å². The van der Waals surface area contributed by atoms with Crippen molar-refractivity contribution in [2.24, 2.45) is 5.73 Å². The third-order valence-electron chi connectivity index (χ3n) is 2.37. The Morgan fingerprint density at radius 2 is 2.18 bits per heavy atom. The van der Waals surface area contributed by atoms with E-state index in [1.165, 1.54) is 0 Å². The third-order valence-corrected chi connectivity index (χ3v) is 2.96. The second-order valence-electron chi connectivity index (χ2n) is 3.87. The summed E-state index contributed by atoms with van der Waals surface area (Å²) in [5, 5.41) is 9.21. The lowest BCUT2D eigenvalue weighted by molar-refractivity contribution is 0.648. The van der Waals surface area contributed by atoms with E-state index in [0.717, 1.165) is 11.3 Å². The van der Waals surface area contributed by atoms with E-state index in [1.807, 2.05) is 19.2 Å². The zero-order chi connectivity index (χ0) is 12.4. The molecule has 0 bridgehead atoms. The predicted molar refractivity (Wildman–Crippen MR) is 68.2 cm³/mol. The molecule has 0 spiro atoms. The summed E-state index contributed by atoms with van der Waals surface area (Å²) in [5.41, 5.74) is 7.41. The Kier molecular flexibility index (Phi) is 3.66. The number of nitrogens with two attached hydrogens (primary N) is 1. The van der Waals surface area contributed by atoms with Gasteiger partial charge in [0.15, 0.2) is 0 Å². The molecular formula is C11H12Cl2N4. The Morgan fingerprint density at radius 3 is 2.76 bits per heavy atom. The van der Waals surface area contributed by atoms with Gasteiger partial charge in [0.2, 0.25) is 0 Å². The molecule has 90 valence electrons. The molecule has 1 unspecified atom stereocenters. The number of benzene rings is 1. The molecule has 0 amide bonds. The van der Waals surface area contributed by atoms with Crippen LogP contribution in [0.2, 0.25) is 10.0 Å². The highest BCUT2D eigenvalue weighted by Crippen LogP contribution is 2.21. The van der Waals surface area contributed by atoms with Crippen molar-refractivity contribution in [1.29, 1.82) is 0 Å². The third kappa shape index (κ3) is 2.97. The Labute approximate surface area is 109 Å². The molecule has 2 rings (SSSR count). The maximum absolute atomic E-state index is 6.08. The molecule has 4 nitrogen and oxygen atoms in total. The molecule has 1 atom stereocenters. The highest BCUT2D eigenvalue weighted by molar-refractivity contribution is 6.35. The lowest BCUT2D eigenvalue weighted by Gasteiger charge is -2.04. The molecular weight excluding hydrogens is 259 g/mol. The molecule has 2 N–H and O–H groups in total. The van der Waals surface area contributed by atoms with Gasteiger partial charge in [0, 0.05) is 16.1 Å². The Balaban J connectivity index is 2.19. The van der Waals surface area contributed by atoms with Gasteiger partial charge in [-0.3, -0.25) is 0 Å². The van der Waals surface area contributed by atoms with Crippen molar-refractivity contribution in [2.45, 2.75) is 19.5 Å². The molecule has 6 heteroatoms. The van der Waals surface area contributed by atoms with E-state index < -0.39 is 0 Å². The number of nitrogens with zero attached hydrogens (tertiary/aromatic N) is 3. The second kappa shape index (κ2) is 5.04. The van der Waals surface area contributed by atoms with Gasteiger partial charge in [-0.1, -0.05) is 34.5 Å². The van der Waals surface area contributed by atoms with Crippen LogP contribution in [0.25, 0.3) is 0 Å². The summed E-state index contributed by atoms with van der Waals surface area (Å²) in [4.78, 5) is 0. The van der Waals surface area contributed by atoms with Gasteiger partial charge in [0.1, 0.15) is 0 Å². The Hall–Kier alpha value is -1.10. The van der Waals surface area contributed by atoms with Crippen LogP contribution in [-0.4, -0.2) is 15.0 Å². The minimum Gasteiger partial charge on any atom is -0.323 e. The molecule has 0 aliphatic carbocycles. The number of halogens is 2. The summed E-state index contributed by atoms with van der Waals surface area (Å²) in [7, 11) is 0. The van der Waals surface area contributed by atoms with E-state index in [9.17, 15) is 0 Å². The largest absolute Gasteiger partial charge is 0.323 e. The highest BCUT2D eigenvalue weighted by Gasteiger charge is 2.07. The van der Waals surface area contributed by atoms with Gasteiger partial charge >= 0.3 is 0 Å². The Morgan fingerprint density at radius 1 is 1.41 bits per heavy atom. The van der Waals surface area contributed by atoms with Gasteiger partial charge in [-0.05, 0) is 24.6 Å². The van der Waals surface area contributed by atoms with E-state index in [2.05, 4.69) is 10.3 Å². The number of hydrogen-bond donors (Lipinski definition) is 1. The molecule has 17 heavy (non-hydrogen) atoms. The van der Waals surface area contributed by atoms with Crippen LogP contribution in [0, 0.1) is 0 Å². The summed E-state index contributed by atoms with van der Waals surface area (Å²) in [6.07, 6.45) is 1.82. The summed E-state index contributed by atoms with van der Waals surface area (Å²) in [5.74, 6) is 0. The molecule has 0 saturated heterocycles. The number of hydrogen-bond acceptors (Lipinski definition) is 3. The summed E-state index contributed by atoms with van der Waals surface area (Å²) >= 11 is 11.9. The second-order valence-corrected chi connectivity index (χ2v) is 4.71. The van der Waals surface area contributed by atoms with Gasteiger partial charge in [-0.2, -0.15) is 0 Å². The first-order valence-corrected chi connectivity index (χ1v) is 5.91. The molecule has 1 aromatic carbocycles. The fourth-order valence-corrected chi connectivity index (χ4v) is 1.89. The van der Waals surface area contributed by atoms with Crippen molar-refractivity contribution in [3.63, 3.8) is 0 Å². The van der Waals surface area contributed by atoms with Gasteiger partial charge < -0.3 is 5.73 Å². The van der Waals surface area contributed by atoms with E-state index in [4.69, 9.17) is 28.9 Å². The lowest BCUT2D eigenvalue weighted by atomic mass is 10.2. The summed E-state index contributed by atoms with van der Waals surface area (Å²) < 4.78 is 1.70. The molecule has 0 radical (unpaired) electrons. The van der Waals surface area contributed by atoms with Gasteiger partial charge in [0.25, 0.3) is 0 Å². The van der Waals surface area contributed by atoms with E-state index in [0.29, 0.717) is 16.6 Å². The molecule has 0 fully saturated rings. The Bertz CT molecular complexity index is 522. The van der Waals surface area contributed by atoms with Gasteiger partial charge in [-0.15, -0.1) is 5.10 Å². The molecule has 0 aliphatic heterocycles. The smallest absolute Gasteiger partial charge is 0.0991 e. The van der Waals surface area contributed by atoms with E-state index >= 15 is 0 Å². The minimum absolute atomic E-state index is 0.121. The summed E-state index contributed by atoms with van der Waals surface area (Å²) in [6.45, 7) is 2.42. The molecule has 0 aliphatic rings. The average molecular weight is 271 g/mol. The van der Waals surface area contributed by atoms with Crippen LogP contribution >= 0.6 is 23.2 Å². The minimum atomic E-state index is -0.121. The van der Waals surface area contributed by atoms with Crippen LogP contribution in [0.1, 0.15) is 24.2 Å². The van der Waals surface area contributed by atoms with Crippen molar-refractivity contribution in [3.8, 4) is 0 Å². The zero-order valence-corrected chi connectivity index (χ0v) is 10.8. The SMILES string of the molecule is CC(N)c1cn(Cc2ccc(Cl)cc2Cl)nn1. The normalized spacial score (nSPS) is 12.7. The van der Waals surface area contributed by atoms with Crippen LogP contribution in [0.15, 0.2) is 24.4 Å². The van der Waals surface area contributed by atoms with Crippen LogP contribution in [0.3, 0.4) is 0 Å². The maximum Gasteiger partial charge on any atom is 0.0991 e. The topological polar surface area (TPSA) is 56.7 Å². The number of rotatable bonds is 3. The summed E-state index contributed by atoms with van der Waals surface area (Å²) in [6, 6.07) is 5.26. The fourth-order valence-electron chi connectivity index (χ4n) is 1.42. The zero-order valence-electron chi connectivity index (χ0n) is 9.27. The predicted octanol–water partition coefficient (Wildman–Crippen LogP) is 2.65. The van der Waals surface area contributed by atoms with Crippen molar-refractivity contribution in [1.82, 2.24) is 15.0 Å². The van der Waals surface area contributed by atoms with Crippen molar-refractivity contribution in [3.05, 3.63) is 45.7 Å². The first-order chi connectivity index (χ1) is 8.06. The molecule has 1 aromatic heterocycles. The first-order valence-electron chi connectivity index (χ1n) is 5.16. The van der Waals surface area contributed by atoms with Crippen LogP contribution in [-0.2, 0) is 6.54 Å². The fraction of sp³-hybridized carbons (Fsp3) is 0.273. The lowest BCUT2D eigenvalue weighted by Crippen LogP contribution is -2.05. The van der Waals surface area contributed by atoms with Crippen LogP contribution in [0.4, 0.5) is 0 Å². The standard InChI is InChI=1S/C11H12Cl2N4/c1-7(14)11-6-17(16-15-11)5-8-2-3-9(12)4-10(8)13/h2-4,6-7H,5,14H2,1H3. The first kappa shape index (κ1) is 12.4.